The van der Waals surface area contributed by atoms with E-state index in [2.05, 4.69) is 0 Å². The van der Waals surface area contributed by atoms with Crippen molar-refractivity contribution in [3.05, 3.63) is 32.9 Å². The first-order valence-corrected chi connectivity index (χ1v) is 9.66. The van der Waals surface area contributed by atoms with Gasteiger partial charge in [0.25, 0.3) is 5.91 Å². The summed E-state index contributed by atoms with van der Waals surface area (Å²) in [5.74, 6) is -1.27. The molecule has 0 radical (unpaired) electrons. The molecule has 1 amide bonds. The number of aliphatic hydroxyl groups excluding tert-OH is 1. The highest BCUT2D eigenvalue weighted by molar-refractivity contribution is 7.16. The lowest BCUT2D eigenvalue weighted by Crippen LogP contribution is -2.52. The van der Waals surface area contributed by atoms with E-state index >= 15 is 0 Å². The molecule has 0 bridgehead atoms. The summed E-state index contributed by atoms with van der Waals surface area (Å²) in [5, 5.41) is 9.44. The van der Waals surface area contributed by atoms with Crippen molar-refractivity contribution in [1.82, 2.24) is 14.4 Å². The molecular formula is C17H20ClN3O5S. The van der Waals surface area contributed by atoms with Gasteiger partial charge in [0.15, 0.2) is 0 Å². The third-order valence-electron chi connectivity index (χ3n) is 4.59. The highest BCUT2D eigenvalue weighted by Gasteiger charge is 2.37. The first-order valence-electron chi connectivity index (χ1n) is 8.46. The van der Waals surface area contributed by atoms with Gasteiger partial charge in [0.1, 0.15) is 0 Å². The Balaban J connectivity index is 1.95. The van der Waals surface area contributed by atoms with Crippen molar-refractivity contribution in [3.63, 3.8) is 0 Å². The zero-order chi connectivity index (χ0) is 19.6. The topological polar surface area (TPSA) is 92.1 Å². The first-order chi connectivity index (χ1) is 13.0. The number of hydrogen-bond acceptors (Lipinski definition) is 7. The molecule has 1 atom stereocenters. The number of aliphatic hydroxyl groups is 1. The molecule has 27 heavy (non-hydrogen) atoms. The molecule has 1 aromatic heterocycles. The van der Waals surface area contributed by atoms with Crippen LogP contribution in [-0.2, 0) is 14.3 Å². The number of thiazole rings is 1. The number of esters is 1. The number of halogens is 1. The minimum absolute atomic E-state index is 0.0514. The van der Waals surface area contributed by atoms with Crippen molar-refractivity contribution in [1.29, 1.82) is 0 Å². The number of carbonyl (C=O) groups is 2. The smallest absolute Gasteiger partial charge is 0.338 e. The van der Waals surface area contributed by atoms with E-state index in [0.29, 0.717) is 48.0 Å². The molecule has 1 aliphatic heterocycles. The molecule has 0 spiro atoms. The monoisotopic (exact) mass is 413 g/mol. The Morgan fingerprint density at radius 1 is 1.30 bits per heavy atom. The fourth-order valence-electron chi connectivity index (χ4n) is 3.19. The Kier molecular flexibility index (Phi) is 6.15. The third kappa shape index (κ3) is 4.01. The summed E-state index contributed by atoms with van der Waals surface area (Å²) in [6.45, 7) is 2.58. The average molecular weight is 414 g/mol. The molecule has 1 aliphatic rings. The number of hydrogen-bond donors (Lipinski definition) is 1. The fourth-order valence-corrected chi connectivity index (χ4v) is 4.24. The summed E-state index contributed by atoms with van der Waals surface area (Å²) in [6, 6.07) is 3.52. The van der Waals surface area contributed by atoms with Crippen LogP contribution in [-0.4, -0.2) is 77.8 Å². The van der Waals surface area contributed by atoms with Gasteiger partial charge in [-0.2, -0.15) is 0 Å². The Morgan fingerprint density at radius 2 is 2.00 bits per heavy atom. The van der Waals surface area contributed by atoms with Crippen LogP contribution in [0.15, 0.2) is 23.0 Å². The van der Waals surface area contributed by atoms with Crippen LogP contribution in [0, 0.1) is 0 Å². The highest BCUT2D eigenvalue weighted by atomic mass is 35.5. The van der Waals surface area contributed by atoms with Crippen LogP contribution in [0.5, 0.6) is 0 Å². The molecule has 0 aliphatic carbocycles. The first kappa shape index (κ1) is 19.8. The van der Waals surface area contributed by atoms with Gasteiger partial charge in [-0.3, -0.25) is 19.1 Å². The van der Waals surface area contributed by atoms with E-state index in [1.165, 1.54) is 11.7 Å². The van der Waals surface area contributed by atoms with E-state index in [9.17, 15) is 14.4 Å². The standard InChI is InChI=1S/C17H20ClN3O5S/c1-26-16(24)14(15(23)20-6-4-19(5-7-20)8-9-22)21-12-10-11(18)2-3-13(12)27-17(21)25/h2-3,10,14,22H,4-9H2,1H3. The Hall–Kier alpha value is -1.94. The molecule has 1 fully saturated rings. The molecule has 0 saturated carbocycles. The number of fused-ring (bicyclic) bond motifs is 1. The largest absolute Gasteiger partial charge is 0.467 e. The van der Waals surface area contributed by atoms with Crippen molar-refractivity contribution in [2.24, 2.45) is 0 Å². The Morgan fingerprint density at radius 3 is 2.63 bits per heavy atom. The van der Waals surface area contributed by atoms with E-state index in [0.717, 1.165) is 11.3 Å². The summed E-state index contributed by atoms with van der Waals surface area (Å²) in [4.78, 5) is 41.3. The van der Waals surface area contributed by atoms with Crippen molar-refractivity contribution in [2.45, 2.75) is 6.04 Å². The zero-order valence-corrected chi connectivity index (χ0v) is 16.3. The van der Waals surface area contributed by atoms with Gasteiger partial charge < -0.3 is 14.7 Å². The van der Waals surface area contributed by atoms with Crippen LogP contribution in [0.3, 0.4) is 0 Å². The molecule has 1 aromatic carbocycles. The molecular weight excluding hydrogens is 394 g/mol. The lowest BCUT2D eigenvalue weighted by Gasteiger charge is -2.35. The molecule has 2 aromatic rings. The maximum atomic E-state index is 13.1. The predicted molar refractivity (Wildman–Crippen MR) is 102 cm³/mol. The lowest BCUT2D eigenvalue weighted by molar-refractivity contribution is -0.153. The van der Waals surface area contributed by atoms with E-state index in [1.807, 2.05) is 4.90 Å². The van der Waals surface area contributed by atoms with Crippen LogP contribution in [0.1, 0.15) is 6.04 Å². The molecule has 3 rings (SSSR count). The van der Waals surface area contributed by atoms with E-state index < -0.39 is 22.8 Å². The number of β-amino-alcohol motifs (C(OH)–C–C–N with tert-alkyl or cyclic N) is 1. The summed E-state index contributed by atoms with van der Waals surface area (Å²) in [5.41, 5.74) is 0.431. The van der Waals surface area contributed by atoms with Crippen LogP contribution >= 0.6 is 22.9 Å². The van der Waals surface area contributed by atoms with Gasteiger partial charge in [0.05, 0.1) is 23.9 Å². The number of aromatic nitrogens is 1. The van der Waals surface area contributed by atoms with E-state index in [4.69, 9.17) is 21.4 Å². The molecule has 2 heterocycles. The molecule has 1 saturated heterocycles. The summed E-state index contributed by atoms with van der Waals surface area (Å²) in [7, 11) is 1.19. The van der Waals surface area contributed by atoms with Gasteiger partial charge in [0.2, 0.25) is 6.04 Å². The zero-order valence-electron chi connectivity index (χ0n) is 14.8. The summed E-state index contributed by atoms with van der Waals surface area (Å²) < 4.78 is 6.63. The second-order valence-electron chi connectivity index (χ2n) is 6.17. The van der Waals surface area contributed by atoms with Gasteiger partial charge in [-0.25, -0.2) is 4.79 Å². The maximum absolute atomic E-state index is 13.1. The lowest BCUT2D eigenvalue weighted by atomic mass is 10.2. The molecule has 10 heteroatoms. The molecule has 146 valence electrons. The fraction of sp³-hybridized carbons (Fsp3) is 0.471. The minimum atomic E-state index is -1.39. The van der Waals surface area contributed by atoms with Crippen LogP contribution in [0.25, 0.3) is 10.2 Å². The van der Waals surface area contributed by atoms with Crippen molar-refractivity contribution in [3.8, 4) is 0 Å². The SMILES string of the molecule is COC(=O)C(C(=O)N1CCN(CCO)CC1)n1c(=O)sc2ccc(Cl)cc21. The Bertz CT molecular complexity index is 904. The number of piperazine rings is 1. The van der Waals surface area contributed by atoms with Crippen molar-refractivity contribution in [2.75, 3.05) is 46.4 Å². The number of amides is 1. The van der Waals surface area contributed by atoms with E-state index in [-0.39, 0.29) is 6.61 Å². The van der Waals surface area contributed by atoms with Crippen LogP contribution < -0.4 is 4.87 Å². The molecule has 8 nitrogen and oxygen atoms in total. The van der Waals surface area contributed by atoms with E-state index in [1.54, 1.807) is 23.1 Å². The number of benzene rings is 1. The average Bonchev–Trinajstić information content (AvgIpc) is 2.98. The van der Waals surface area contributed by atoms with Crippen molar-refractivity contribution < 1.29 is 19.4 Å². The van der Waals surface area contributed by atoms with Crippen LogP contribution in [0.4, 0.5) is 0 Å². The predicted octanol–water partition coefficient (Wildman–Crippen LogP) is 0.567. The van der Waals surface area contributed by atoms with Crippen molar-refractivity contribution >= 4 is 45.0 Å². The normalized spacial score (nSPS) is 16.5. The van der Waals surface area contributed by atoms with Gasteiger partial charge >= 0.3 is 10.8 Å². The third-order valence-corrected chi connectivity index (χ3v) is 5.76. The van der Waals surface area contributed by atoms with Gasteiger partial charge in [0, 0.05) is 37.7 Å². The second kappa shape index (κ2) is 8.39. The highest BCUT2D eigenvalue weighted by Crippen LogP contribution is 2.26. The van der Waals surface area contributed by atoms with Gasteiger partial charge in [-0.15, -0.1) is 0 Å². The summed E-state index contributed by atoms with van der Waals surface area (Å²) >= 11 is 6.99. The number of methoxy groups -OCH3 is 1. The van der Waals surface area contributed by atoms with Crippen LogP contribution in [0.2, 0.25) is 5.02 Å². The number of ether oxygens (including phenoxy) is 1. The number of rotatable bonds is 5. The minimum Gasteiger partial charge on any atom is -0.467 e. The number of nitrogens with zero attached hydrogens (tertiary/aromatic N) is 3. The summed E-state index contributed by atoms with van der Waals surface area (Å²) in [6.07, 6.45) is 0. The maximum Gasteiger partial charge on any atom is 0.338 e. The van der Waals surface area contributed by atoms with Gasteiger partial charge in [-0.05, 0) is 18.2 Å². The quantitative estimate of drug-likeness (QED) is 0.569. The molecule has 1 unspecified atom stereocenters. The Labute approximate surface area is 164 Å². The number of carbonyl (C=O) groups excluding carboxylic acids is 2. The second-order valence-corrected chi connectivity index (χ2v) is 7.60. The van der Waals surface area contributed by atoms with Gasteiger partial charge in [-0.1, -0.05) is 22.9 Å². The molecule has 1 N–H and O–H groups in total.